The van der Waals surface area contributed by atoms with Gasteiger partial charge in [-0.25, -0.2) is 17.2 Å². The molecule has 2 saturated carbocycles. The van der Waals surface area contributed by atoms with Crippen LogP contribution in [0.2, 0.25) is 0 Å². The second-order valence-electron chi connectivity index (χ2n) is 8.48. The van der Waals surface area contributed by atoms with Gasteiger partial charge in [0.05, 0.1) is 11.0 Å². The predicted octanol–water partition coefficient (Wildman–Crippen LogP) is 4.26. The lowest BCUT2D eigenvalue weighted by Gasteiger charge is -2.40. The summed E-state index contributed by atoms with van der Waals surface area (Å²) in [6, 6.07) is 0. The highest BCUT2D eigenvalue weighted by atomic mass is 32.2. The van der Waals surface area contributed by atoms with E-state index in [1.54, 1.807) is 0 Å². The van der Waals surface area contributed by atoms with Gasteiger partial charge in [-0.15, -0.1) is 0 Å². The number of alkyl halides is 5. The van der Waals surface area contributed by atoms with Gasteiger partial charge in [0, 0.05) is 17.9 Å². The van der Waals surface area contributed by atoms with E-state index in [1.807, 2.05) is 13.8 Å². The molecular formula is C19H25F5O4S. The van der Waals surface area contributed by atoms with Crippen LogP contribution in [0.4, 0.5) is 22.0 Å². The predicted molar refractivity (Wildman–Crippen MR) is 97.6 cm³/mol. The molecule has 0 unspecified atom stereocenters. The molecule has 2 rings (SSSR count). The van der Waals surface area contributed by atoms with Crippen LogP contribution in [-0.2, 0) is 9.84 Å². The maximum absolute atomic E-state index is 14.3. The zero-order valence-corrected chi connectivity index (χ0v) is 17.2. The number of aliphatic hydroxyl groups excluding tert-OH is 2. The average Bonchev–Trinajstić information content (AvgIpc) is 2.79. The van der Waals surface area contributed by atoms with Crippen molar-refractivity contribution in [2.75, 3.05) is 0 Å². The summed E-state index contributed by atoms with van der Waals surface area (Å²) in [7, 11) is -5.93. The number of aliphatic hydroxyl groups is 2. The van der Waals surface area contributed by atoms with E-state index in [1.165, 1.54) is 0 Å². The lowest BCUT2D eigenvalue weighted by atomic mass is 9.67. The van der Waals surface area contributed by atoms with Gasteiger partial charge in [0.2, 0.25) is 0 Å². The summed E-state index contributed by atoms with van der Waals surface area (Å²) in [4.78, 5) is -1.37. The minimum absolute atomic E-state index is 0.0493. The Labute approximate surface area is 166 Å². The molecule has 166 valence electrons. The Hall–Kier alpha value is -1.26. The zero-order chi connectivity index (χ0) is 22.6. The van der Waals surface area contributed by atoms with Crippen molar-refractivity contribution >= 4 is 9.84 Å². The van der Waals surface area contributed by atoms with Gasteiger partial charge in [-0.3, -0.25) is 0 Å². The quantitative estimate of drug-likeness (QED) is 0.638. The molecule has 0 spiro atoms. The average molecular weight is 444 g/mol. The van der Waals surface area contributed by atoms with E-state index in [9.17, 15) is 40.6 Å². The summed E-state index contributed by atoms with van der Waals surface area (Å²) in [5.41, 5.74) is -7.28. The molecule has 2 N–H and O–H groups in total. The number of hydrogen-bond donors (Lipinski definition) is 2. The van der Waals surface area contributed by atoms with Crippen molar-refractivity contribution in [2.45, 2.75) is 70.1 Å². The third-order valence-corrected chi connectivity index (χ3v) is 7.46. The number of sulfone groups is 1. The number of rotatable bonds is 3. The molecule has 0 aromatic rings. The van der Waals surface area contributed by atoms with E-state index in [2.05, 4.69) is 6.58 Å². The van der Waals surface area contributed by atoms with E-state index in [-0.39, 0.29) is 11.0 Å². The van der Waals surface area contributed by atoms with Crippen molar-refractivity contribution < 1.29 is 40.6 Å². The van der Waals surface area contributed by atoms with Crippen LogP contribution in [0, 0.1) is 11.3 Å². The number of allylic oxidation sites excluding steroid dienone is 2. The summed E-state index contributed by atoms with van der Waals surface area (Å²) in [6.07, 6.45) is -2.29. The highest BCUT2D eigenvalue weighted by Crippen LogP contribution is 2.51. The third-order valence-electron chi connectivity index (χ3n) is 5.82. The molecule has 2 aliphatic rings. The van der Waals surface area contributed by atoms with Crippen molar-refractivity contribution in [2.24, 2.45) is 11.3 Å². The molecule has 2 aliphatic carbocycles. The highest BCUT2D eigenvalue weighted by molar-refractivity contribution is 7.96. The van der Waals surface area contributed by atoms with Crippen LogP contribution in [0.15, 0.2) is 34.3 Å². The molecule has 0 aromatic heterocycles. The fraction of sp³-hybridized carbons (Fsp3) is 0.684. The van der Waals surface area contributed by atoms with Crippen LogP contribution in [-0.4, -0.2) is 42.3 Å². The van der Waals surface area contributed by atoms with Crippen molar-refractivity contribution in [1.82, 2.24) is 0 Å². The van der Waals surface area contributed by atoms with Crippen molar-refractivity contribution in [3.05, 3.63) is 34.3 Å². The summed E-state index contributed by atoms with van der Waals surface area (Å²) in [5.74, 6) is -4.57. The Balaban J connectivity index is 2.78. The van der Waals surface area contributed by atoms with Crippen molar-refractivity contribution in [1.29, 1.82) is 0 Å². The first-order valence-electron chi connectivity index (χ1n) is 9.08. The van der Waals surface area contributed by atoms with Gasteiger partial charge in [-0.1, -0.05) is 26.5 Å². The monoisotopic (exact) mass is 444 g/mol. The first-order chi connectivity index (χ1) is 13.0. The zero-order valence-electron chi connectivity index (χ0n) is 16.4. The van der Waals surface area contributed by atoms with Crippen LogP contribution in [0.3, 0.4) is 0 Å². The SMILES string of the molecule is C=C/C(=C1/CC(F)(F)[C@@H](O)/C1=C(/C)S(=O)(=O)C(F)(F)F)[C@H]1CC(C)(C)CC[C@@H]1O. The Morgan fingerprint density at radius 3 is 2.28 bits per heavy atom. The fourth-order valence-electron chi connectivity index (χ4n) is 4.17. The molecule has 0 heterocycles. The molecule has 0 bridgehead atoms. The molecule has 4 nitrogen and oxygen atoms in total. The maximum Gasteiger partial charge on any atom is 0.501 e. The normalized spacial score (nSPS) is 33.4. The highest BCUT2D eigenvalue weighted by Gasteiger charge is 2.55. The largest absolute Gasteiger partial charge is 0.501 e. The summed E-state index contributed by atoms with van der Waals surface area (Å²) >= 11 is 0. The van der Waals surface area contributed by atoms with Gasteiger partial charge in [-0.2, -0.15) is 13.2 Å². The molecular weight excluding hydrogens is 419 g/mol. The summed E-state index contributed by atoms with van der Waals surface area (Å²) in [6.45, 7) is 7.93. The van der Waals surface area contributed by atoms with Crippen LogP contribution in [0.25, 0.3) is 0 Å². The van der Waals surface area contributed by atoms with Crippen LogP contribution >= 0.6 is 0 Å². The molecule has 0 saturated heterocycles. The van der Waals surface area contributed by atoms with E-state index in [0.29, 0.717) is 26.2 Å². The lowest BCUT2D eigenvalue weighted by Crippen LogP contribution is -2.34. The molecule has 0 radical (unpaired) electrons. The third kappa shape index (κ3) is 4.29. The van der Waals surface area contributed by atoms with Crippen molar-refractivity contribution in [3.63, 3.8) is 0 Å². The van der Waals surface area contributed by atoms with Gasteiger partial charge in [-0.05, 0) is 42.7 Å². The van der Waals surface area contributed by atoms with E-state index >= 15 is 0 Å². The van der Waals surface area contributed by atoms with Gasteiger partial charge in [0.15, 0.2) is 0 Å². The first kappa shape index (κ1) is 24.0. The second-order valence-corrected chi connectivity index (χ2v) is 10.6. The second kappa shape index (κ2) is 7.46. The molecule has 29 heavy (non-hydrogen) atoms. The number of halogens is 5. The molecule has 0 amide bonds. The molecule has 2 fully saturated rings. The fourth-order valence-corrected chi connectivity index (χ4v) is 5.05. The Kier molecular flexibility index (Phi) is 6.18. The standard InChI is InChI=1S/C19H25F5O4S/c1-5-11(12-8-17(3,4)7-6-14(12)25)13-9-18(20,21)16(26)15(13)10(2)29(27,28)19(22,23)24/h5,12,14,16,25-26H,1,6-9H2,2-4H3/b13-11+,15-10-/t12-,14+,16+/m1/s1. The van der Waals surface area contributed by atoms with Gasteiger partial charge in [0.25, 0.3) is 15.8 Å². The van der Waals surface area contributed by atoms with Gasteiger partial charge >= 0.3 is 5.51 Å². The van der Waals surface area contributed by atoms with E-state index in [0.717, 1.165) is 6.08 Å². The summed E-state index contributed by atoms with van der Waals surface area (Å²) < 4.78 is 91.4. The first-order valence-corrected chi connectivity index (χ1v) is 10.6. The minimum Gasteiger partial charge on any atom is -0.392 e. The minimum atomic E-state index is -5.93. The van der Waals surface area contributed by atoms with E-state index in [4.69, 9.17) is 0 Å². The van der Waals surface area contributed by atoms with E-state index < -0.39 is 61.9 Å². The Morgan fingerprint density at radius 1 is 1.24 bits per heavy atom. The van der Waals surface area contributed by atoms with Gasteiger partial charge < -0.3 is 10.2 Å². The van der Waals surface area contributed by atoms with Crippen LogP contribution < -0.4 is 0 Å². The number of hydrogen-bond acceptors (Lipinski definition) is 4. The van der Waals surface area contributed by atoms with Gasteiger partial charge in [0.1, 0.15) is 6.10 Å². The van der Waals surface area contributed by atoms with Crippen LogP contribution in [0.5, 0.6) is 0 Å². The lowest BCUT2D eigenvalue weighted by molar-refractivity contribution is -0.0737. The Morgan fingerprint density at radius 2 is 1.79 bits per heavy atom. The topological polar surface area (TPSA) is 74.6 Å². The maximum atomic E-state index is 14.3. The van der Waals surface area contributed by atoms with Crippen molar-refractivity contribution in [3.8, 4) is 0 Å². The molecule has 0 aromatic carbocycles. The molecule has 0 aliphatic heterocycles. The molecule has 3 atom stereocenters. The smallest absolute Gasteiger partial charge is 0.392 e. The Bertz CT molecular complexity index is 852. The molecule has 10 heteroatoms. The van der Waals surface area contributed by atoms with Crippen LogP contribution in [0.1, 0.15) is 46.5 Å². The summed E-state index contributed by atoms with van der Waals surface area (Å²) in [5, 5.41) is 20.5.